The van der Waals surface area contributed by atoms with Crippen molar-refractivity contribution in [2.24, 2.45) is 5.16 Å². The molecule has 14 heteroatoms. The number of carbonyl (C=O) groups is 4. The summed E-state index contributed by atoms with van der Waals surface area (Å²) in [6.45, 7) is 1.26. The highest BCUT2D eigenvalue weighted by atomic mass is 32.2. The van der Waals surface area contributed by atoms with Gasteiger partial charge in [0.15, 0.2) is 10.8 Å². The summed E-state index contributed by atoms with van der Waals surface area (Å²) in [5.74, 6) is -1.27. The topological polar surface area (TPSA) is 139 Å². The fraction of sp³-hybridized carbons (Fsp3) is 0.412. The fourth-order valence-electron chi connectivity index (χ4n) is 2.90. The van der Waals surface area contributed by atoms with Gasteiger partial charge in [0.1, 0.15) is 17.1 Å². The molecule has 166 valence electrons. The van der Waals surface area contributed by atoms with Gasteiger partial charge >= 0.3 is 5.97 Å². The first-order chi connectivity index (χ1) is 14.8. The van der Waals surface area contributed by atoms with E-state index in [4.69, 9.17) is 4.84 Å². The number of nitrogens with one attached hydrogen (secondary N) is 2. The number of hydrogen-bond donors (Lipinski definition) is 3. The van der Waals surface area contributed by atoms with Gasteiger partial charge in [-0.2, -0.15) is 0 Å². The van der Waals surface area contributed by atoms with Gasteiger partial charge in [0.05, 0.1) is 12.8 Å². The maximum atomic E-state index is 12.9. The third-order valence-corrected chi connectivity index (χ3v) is 6.89. The van der Waals surface area contributed by atoms with Gasteiger partial charge in [0.25, 0.3) is 11.8 Å². The smallest absolute Gasteiger partial charge is 0.346 e. The first-order valence-corrected chi connectivity index (χ1v) is 11.2. The van der Waals surface area contributed by atoms with Crippen LogP contribution in [0.5, 0.6) is 0 Å². The van der Waals surface area contributed by atoms with Crippen molar-refractivity contribution in [3.05, 3.63) is 22.3 Å². The Morgan fingerprint density at radius 2 is 2.16 bits per heavy atom. The van der Waals surface area contributed by atoms with E-state index < -0.39 is 40.9 Å². The number of ether oxygens (including phenoxy) is 1. The molecule has 2 atom stereocenters. The summed E-state index contributed by atoms with van der Waals surface area (Å²) in [5.41, 5.74) is 1.00. The van der Waals surface area contributed by atoms with Crippen LogP contribution in [0, 0.1) is 0 Å². The van der Waals surface area contributed by atoms with Gasteiger partial charge in [-0.15, -0.1) is 23.1 Å². The van der Waals surface area contributed by atoms with E-state index in [1.165, 1.54) is 35.1 Å². The minimum atomic E-state index is -0.860. The molecule has 2 aliphatic heterocycles. The van der Waals surface area contributed by atoms with Crippen molar-refractivity contribution < 1.29 is 28.8 Å². The van der Waals surface area contributed by atoms with Crippen LogP contribution in [-0.2, 0) is 28.8 Å². The summed E-state index contributed by atoms with van der Waals surface area (Å²) >= 11 is 6.52. The molecule has 1 aromatic rings. The molecule has 0 aliphatic carbocycles. The van der Waals surface area contributed by atoms with Gasteiger partial charge in [0.2, 0.25) is 11.7 Å². The van der Waals surface area contributed by atoms with E-state index >= 15 is 0 Å². The lowest BCUT2D eigenvalue weighted by molar-refractivity contribution is -0.146. The molecular formula is C17H19N5O6S3. The molecule has 1 saturated heterocycles. The Morgan fingerprint density at radius 1 is 1.42 bits per heavy atom. The van der Waals surface area contributed by atoms with E-state index in [9.17, 15) is 19.2 Å². The average Bonchev–Trinajstić information content (AvgIpc) is 3.23. The molecule has 0 radical (unpaired) electrons. The summed E-state index contributed by atoms with van der Waals surface area (Å²) in [6, 6.07) is -0.860. The van der Waals surface area contributed by atoms with Crippen LogP contribution in [0.1, 0.15) is 12.6 Å². The standard InChI is InChI=1S/C17H19N5O6S3/c1-7-5-30-15-11(14(25)22(15)12(7)16(26)29)20-13(24)10(21-28-4-9(23)27-3)8-6-31-17(18-2)19-8/h6,11,15H,4-5H2,1-3H3,(H,18,19)(H,20,24)(H,26,29)/t11?,15-/m1/s1. The molecular weight excluding hydrogens is 466 g/mol. The summed E-state index contributed by atoms with van der Waals surface area (Å²) in [6.07, 6.45) is 0. The summed E-state index contributed by atoms with van der Waals surface area (Å²) in [5, 5.41) is 10.4. The number of thioether (sulfide) groups is 1. The number of esters is 1. The number of rotatable bonds is 8. The van der Waals surface area contributed by atoms with Gasteiger partial charge < -0.3 is 20.2 Å². The zero-order chi connectivity index (χ0) is 22.7. The molecule has 2 amide bonds. The number of fused-ring (bicyclic) bond motifs is 1. The number of methoxy groups -OCH3 is 1. The zero-order valence-corrected chi connectivity index (χ0v) is 19.2. The number of carbonyl (C=O) groups excluding carboxylic acids is 4. The Balaban J connectivity index is 1.78. The van der Waals surface area contributed by atoms with E-state index in [0.717, 1.165) is 5.57 Å². The van der Waals surface area contributed by atoms with Crippen LogP contribution >= 0.6 is 35.7 Å². The van der Waals surface area contributed by atoms with Crippen molar-refractivity contribution in [3.8, 4) is 0 Å². The second kappa shape index (κ2) is 9.70. The number of hydrogen-bond acceptors (Lipinski definition) is 11. The first-order valence-electron chi connectivity index (χ1n) is 8.87. The van der Waals surface area contributed by atoms with Crippen LogP contribution in [0.3, 0.4) is 0 Å². The highest BCUT2D eigenvalue weighted by Gasteiger charge is 2.53. The molecule has 1 aromatic heterocycles. The van der Waals surface area contributed by atoms with Crippen molar-refractivity contribution in [1.82, 2.24) is 15.2 Å². The minimum absolute atomic E-state index is 0.203. The molecule has 3 heterocycles. The maximum Gasteiger partial charge on any atom is 0.346 e. The normalized spacial score (nSPS) is 20.6. The molecule has 0 aromatic carbocycles. The molecule has 3 rings (SSSR count). The van der Waals surface area contributed by atoms with Gasteiger partial charge in [-0.25, -0.2) is 9.78 Å². The van der Waals surface area contributed by atoms with E-state index in [1.54, 1.807) is 19.4 Å². The monoisotopic (exact) mass is 485 g/mol. The van der Waals surface area contributed by atoms with Crippen molar-refractivity contribution in [1.29, 1.82) is 0 Å². The fourth-order valence-corrected chi connectivity index (χ4v) is 5.14. The lowest BCUT2D eigenvalue weighted by atomic mass is 10.0. The molecule has 0 bridgehead atoms. The number of amides is 2. The SMILES string of the molecule is CNc1nc(C(=NOCC(=O)OC)C(=O)NC2C(=O)N3C(C(=O)S)=C(C)CS[C@H]23)cs1. The van der Waals surface area contributed by atoms with Gasteiger partial charge in [0, 0.05) is 18.2 Å². The second-order valence-corrected chi connectivity index (χ2v) is 8.74. The molecule has 0 saturated carbocycles. The van der Waals surface area contributed by atoms with Crippen molar-refractivity contribution in [2.75, 3.05) is 31.8 Å². The Bertz CT molecular complexity index is 991. The van der Waals surface area contributed by atoms with Crippen LogP contribution < -0.4 is 10.6 Å². The molecule has 1 fully saturated rings. The summed E-state index contributed by atoms with van der Waals surface area (Å²) in [4.78, 5) is 59.2. The lowest BCUT2D eigenvalue weighted by Gasteiger charge is -2.49. The largest absolute Gasteiger partial charge is 0.466 e. The zero-order valence-electron chi connectivity index (χ0n) is 16.7. The quantitative estimate of drug-likeness (QED) is 0.155. The third-order valence-electron chi connectivity index (χ3n) is 4.39. The van der Waals surface area contributed by atoms with Crippen molar-refractivity contribution in [2.45, 2.75) is 18.3 Å². The van der Waals surface area contributed by atoms with Crippen LogP contribution in [0.15, 0.2) is 21.8 Å². The van der Waals surface area contributed by atoms with Crippen LogP contribution in [0.2, 0.25) is 0 Å². The number of anilines is 1. The molecule has 2 aliphatic rings. The predicted octanol–water partition coefficient (Wildman–Crippen LogP) is 0.209. The number of aromatic nitrogens is 1. The highest BCUT2D eigenvalue weighted by Crippen LogP contribution is 2.40. The van der Waals surface area contributed by atoms with Crippen LogP contribution in [-0.4, -0.2) is 76.4 Å². The molecule has 0 spiro atoms. The number of thiazole rings is 1. The van der Waals surface area contributed by atoms with Crippen LogP contribution in [0.4, 0.5) is 5.13 Å². The summed E-state index contributed by atoms with van der Waals surface area (Å²) in [7, 11) is 2.86. The number of nitrogens with zero attached hydrogens (tertiary/aromatic N) is 3. The Labute approximate surface area is 191 Å². The molecule has 1 unspecified atom stereocenters. The van der Waals surface area contributed by atoms with Crippen LogP contribution in [0.25, 0.3) is 0 Å². The van der Waals surface area contributed by atoms with E-state index in [2.05, 4.69) is 38.1 Å². The summed E-state index contributed by atoms with van der Waals surface area (Å²) < 4.78 is 4.47. The Morgan fingerprint density at radius 3 is 2.77 bits per heavy atom. The Hall–Kier alpha value is -2.58. The van der Waals surface area contributed by atoms with Crippen molar-refractivity contribution >= 4 is 69.5 Å². The average molecular weight is 486 g/mol. The number of thiol groups is 1. The highest BCUT2D eigenvalue weighted by molar-refractivity contribution is 8.00. The third kappa shape index (κ3) is 4.70. The molecule has 11 nitrogen and oxygen atoms in total. The second-order valence-electron chi connectivity index (χ2n) is 6.37. The molecule has 2 N–H and O–H groups in total. The number of oxime groups is 1. The molecule has 31 heavy (non-hydrogen) atoms. The van der Waals surface area contributed by atoms with E-state index in [-0.39, 0.29) is 17.1 Å². The van der Waals surface area contributed by atoms with Crippen molar-refractivity contribution in [3.63, 3.8) is 0 Å². The predicted molar refractivity (Wildman–Crippen MR) is 118 cm³/mol. The first kappa shape index (κ1) is 23.1. The van der Waals surface area contributed by atoms with Gasteiger partial charge in [-0.1, -0.05) is 17.8 Å². The van der Waals surface area contributed by atoms with Gasteiger partial charge in [-0.05, 0) is 12.5 Å². The lowest BCUT2D eigenvalue weighted by Crippen LogP contribution is -2.70. The Kier molecular flexibility index (Phi) is 7.23. The maximum absolute atomic E-state index is 12.9. The van der Waals surface area contributed by atoms with E-state index in [0.29, 0.717) is 10.9 Å². The number of β-lactam (4-membered cyclic amide) rings is 1. The van der Waals surface area contributed by atoms with Gasteiger partial charge in [-0.3, -0.25) is 19.3 Å². The van der Waals surface area contributed by atoms with E-state index in [1.807, 2.05) is 0 Å². The minimum Gasteiger partial charge on any atom is -0.466 e.